The number of hydrazine groups is 2. The summed E-state index contributed by atoms with van der Waals surface area (Å²) in [6.45, 7) is 11.6. The number of hydrogen-bond donors (Lipinski definition) is 4. The SMILES string of the molecule is C=C(/C=C\C=C(/C)C(=O)N1CC(F)(F)C1)[C@H](Nc1cc(C#N)c2ncc(C#N)c(NCC(C)(C)C)c2c1)C1=CN(C2CC2)NN1. The molecule has 45 heavy (non-hydrogen) atoms. The number of carbonyl (C=O) groups is 1. The van der Waals surface area contributed by atoms with Crippen LogP contribution in [-0.2, 0) is 4.79 Å². The van der Waals surface area contributed by atoms with Crippen LogP contribution in [0.4, 0.5) is 20.2 Å². The van der Waals surface area contributed by atoms with E-state index in [1.165, 1.54) is 6.20 Å². The highest BCUT2D eigenvalue weighted by Gasteiger charge is 2.46. The van der Waals surface area contributed by atoms with E-state index < -0.39 is 31.0 Å². The topological polar surface area (TPSA) is 132 Å². The molecule has 0 spiro atoms. The van der Waals surface area contributed by atoms with Crippen LogP contribution in [0.3, 0.4) is 0 Å². The largest absolute Gasteiger partial charge is 0.383 e. The van der Waals surface area contributed by atoms with Gasteiger partial charge < -0.3 is 21.0 Å². The fraction of sp³-hybridized carbons (Fsp3) is 0.394. The minimum Gasteiger partial charge on any atom is -0.383 e. The zero-order valence-corrected chi connectivity index (χ0v) is 25.8. The van der Waals surface area contributed by atoms with Crippen LogP contribution in [0.25, 0.3) is 10.9 Å². The highest BCUT2D eigenvalue weighted by molar-refractivity contribution is 5.99. The Hall–Kier alpha value is -4.94. The minimum atomic E-state index is -2.83. The van der Waals surface area contributed by atoms with Crippen LogP contribution in [-0.4, -0.2) is 58.4 Å². The van der Waals surface area contributed by atoms with Crippen molar-refractivity contribution in [2.75, 3.05) is 30.3 Å². The van der Waals surface area contributed by atoms with Gasteiger partial charge in [-0.3, -0.25) is 14.8 Å². The number of nitrogens with one attached hydrogen (secondary N) is 4. The second-order valence-corrected chi connectivity index (χ2v) is 12.9. The van der Waals surface area contributed by atoms with Gasteiger partial charge in [-0.05, 0) is 42.9 Å². The van der Waals surface area contributed by atoms with Crippen molar-refractivity contribution < 1.29 is 13.6 Å². The molecule has 2 aliphatic heterocycles. The molecule has 1 aromatic heterocycles. The molecule has 5 rings (SSSR count). The van der Waals surface area contributed by atoms with Crippen LogP contribution in [0.15, 0.2) is 66.2 Å². The van der Waals surface area contributed by atoms with Gasteiger partial charge in [0.15, 0.2) is 0 Å². The number of carbonyl (C=O) groups excluding carboxylic acids is 1. The maximum Gasteiger partial charge on any atom is 0.282 e. The number of aromatic nitrogens is 1. The van der Waals surface area contributed by atoms with Crippen molar-refractivity contribution in [2.45, 2.75) is 58.5 Å². The Kier molecular flexibility index (Phi) is 8.55. The van der Waals surface area contributed by atoms with Gasteiger partial charge in [0, 0.05) is 41.6 Å². The average Bonchev–Trinajstić information content (AvgIpc) is 3.72. The first-order valence-corrected chi connectivity index (χ1v) is 14.8. The summed E-state index contributed by atoms with van der Waals surface area (Å²) >= 11 is 0. The Morgan fingerprint density at radius 2 is 1.96 bits per heavy atom. The molecule has 12 heteroatoms. The number of amides is 1. The molecule has 0 unspecified atom stereocenters. The number of likely N-dealkylation sites (tertiary alicyclic amines) is 1. The molecule has 0 bridgehead atoms. The van der Waals surface area contributed by atoms with Gasteiger partial charge in [-0.1, -0.05) is 45.6 Å². The number of benzene rings is 1. The molecule has 1 amide bonds. The third-order valence-electron chi connectivity index (χ3n) is 7.67. The summed E-state index contributed by atoms with van der Waals surface area (Å²) in [5.41, 5.74) is 10.5. The van der Waals surface area contributed by atoms with Crippen molar-refractivity contribution in [3.05, 3.63) is 77.3 Å². The summed E-state index contributed by atoms with van der Waals surface area (Å²) in [5, 5.41) is 29.4. The molecule has 4 N–H and O–H groups in total. The van der Waals surface area contributed by atoms with Crippen molar-refractivity contribution in [2.24, 2.45) is 5.41 Å². The number of pyridine rings is 1. The number of fused-ring (bicyclic) bond motifs is 1. The molecule has 2 aromatic rings. The highest BCUT2D eigenvalue weighted by Crippen LogP contribution is 2.34. The van der Waals surface area contributed by atoms with Crippen molar-refractivity contribution in [3.8, 4) is 12.1 Å². The second-order valence-electron chi connectivity index (χ2n) is 12.9. The summed E-state index contributed by atoms with van der Waals surface area (Å²) in [6.07, 6.45) is 10.6. The Bertz CT molecular complexity index is 1700. The van der Waals surface area contributed by atoms with E-state index in [2.05, 4.69) is 66.1 Å². The number of halogens is 2. The molecule has 1 aromatic carbocycles. The summed E-state index contributed by atoms with van der Waals surface area (Å²) < 4.78 is 26.5. The van der Waals surface area contributed by atoms with E-state index in [1.807, 2.05) is 17.3 Å². The minimum absolute atomic E-state index is 0.0653. The molecule has 3 aliphatic rings. The Morgan fingerprint density at radius 3 is 2.58 bits per heavy atom. The van der Waals surface area contributed by atoms with Gasteiger partial charge in [0.05, 0.1) is 47.2 Å². The summed E-state index contributed by atoms with van der Waals surface area (Å²) in [7, 11) is 0. The number of anilines is 2. The fourth-order valence-electron chi connectivity index (χ4n) is 5.07. The van der Waals surface area contributed by atoms with E-state index in [-0.39, 0.29) is 5.41 Å². The molecule has 0 radical (unpaired) electrons. The van der Waals surface area contributed by atoms with Gasteiger partial charge in [-0.2, -0.15) is 10.5 Å². The van der Waals surface area contributed by atoms with Gasteiger partial charge >= 0.3 is 0 Å². The van der Waals surface area contributed by atoms with Crippen molar-refractivity contribution >= 4 is 28.2 Å². The number of nitriles is 2. The third-order valence-corrected chi connectivity index (χ3v) is 7.67. The van der Waals surface area contributed by atoms with Crippen LogP contribution < -0.4 is 21.6 Å². The van der Waals surface area contributed by atoms with E-state index in [9.17, 15) is 24.1 Å². The van der Waals surface area contributed by atoms with Crippen LogP contribution in [0.1, 0.15) is 51.7 Å². The standard InChI is InChI=1S/C33H37F2N9O/c1-20(7-6-8-21(2)31(45)43-18-33(34,35)19-43)28(27-16-44(42-41-27)25-9-10-25)40-24-11-22(13-36)29-26(12-24)30(23(14-37)15-38-29)39-17-32(3,4)5/h6-8,11-12,15-16,25,28,40-42H,1,9-10,17-19H2,2-5H3,(H,38,39)/b7-6-,21-8+/t28-/m0/s1. The van der Waals surface area contributed by atoms with E-state index in [0.29, 0.717) is 57.1 Å². The molecule has 3 heterocycles. The van der Waals surface area contributed by atoms with Crippen LogP contribution in [0.2, 0.25) is 0 Å². The summed E-state index contributed by atoms with van der Waals surface area (Å²) in [5.74, 6) is -3.26. The maximum absolute atomic E-state index is 13.2. The molecule has 1 saturated carbocycles. The summed E-state index contributed by atoms with van der Waals surface area (Å²) in [4.78, 5) is 18.0. The molecule has 1 aliphatic carbocycles. The van der Waals surface area contributed by atoms with Gasteiger partial charge in [0.2, 0.25) is 5.91 Å². The number of allylic oxidation sites excluding steroid dienone is 2. The maximum atomic E-state index is 13.2. The molecular weight excluding hydrogens is 576 g/mol. The lowest BCUT2D eigenvalue weighted by Crippen LogP contribution is -2.58. The number of rotatable bonds is 10. The van der Waals surface area contributed by atoms with E-state index in [0.717, 1.165) is 23.4 Å². The zero-order chi connectivity index (χ0) is 32.5. The first-order chi connectivity index (χ1) is 21.3. The van der Waals surface area contributed by atoms with Gasteiger partial charge in [0.1, 0.15) is 12.1 Å². The van der Waals surface area contributed by atoms with Crippen molar-refractivity contribution in [1.82, 2.24) is 25.9 Å². The Balaban J connectivity index is 1.46. The monoisotopic (exact) mass is 613 g/mol. The van der Waals surface area contributed by atoms with Crippen LogP contribution in [0.5, 0.6) is 0 Å². The highest BCUT2D eigenvalue weighted by atomic mass is 19.3. The first-order valence-electron chi connectivity index (χ1n) is 14.8. The normalized spacial score (nSPS) is 18.5. The fourth-order valence-corrected chi connectivity index (χ4v) is 5.07. The molecule has 2 fully saturated rings. The lowest BCUT2D eigenvalue weighted by atomic mass is 9.96. The predicted octanol–water partition coefficient (Wildman–Crippen LogP) is 5.08. The second kappa shape index (κ2) is 12.2. The predicted molar refractivity (Wildman–Crippen MR) is 169 cm³/mol. The number of nitrogens with zero attached hydrogens (tertiary/aromatic N) is 5. The van der Waals surface area contributed by atoms with Crippen LogP contribution >= 0.6 is 0 Å². The summed E-state index contributed by atoms with van der Waals surface area (Å²) in [6, 6.07) is 7.94. The van der Waals surface area contributed by atoms with E-state index in [4.69, 9.17) is 0 Å². The Labute approximate surface area is 261 Å². The van der Waals surface area contributed by atoms with E-state index >= 15 is 0 Å². The molecule has 10 nitrogen and oxygen atoms in total. The average molecular weight is 614 g/mol. The zero-order valence-electron chi connectivity index (χ0n) is 25.8. The quantitative estimate of drug-likeness (QED) is 0.214. The smallest absolute Gasteiger partial charge is 0.282 e. The number of alkyl halides is 2. The lowest BCUT2D eigenvalue weighted by molar-refractivity contribution is -0.161. The van der Waals surface area contributed by atoms with Gasteiger partial charge in [0.25, 0.3) is 5.92 Å². The molecular formula is C33H37F2N9O. The van der Waals surface area contributed by atoms with Crippen molar-refractivity contribution in [3.63, 3.8) is 0 Å². The van der Waals surface area contributed by atoms with E-state index in [1.54, 1.807) is 31.2 Å². The molecule has 234 valence electrons. The van der Waals surface area contributed by atoms with Gasteiger partial charge in [-0.15, -0.1) is 5.53 Å². The first kappa shape index (κ1) is 31.5. The Morgan fingerprint density at radius 1 is 1.24 bits per heavy atom. The van der Waals surface area contributed by atoms with Crippen LogP contribution in [0, 0.1) is 28.1 Å². The van der Waals surface area contributed by atoms with Gasteiger partial charge in [-0.25, -0.2) is 8.78 Å². The number of hydrogen-bond acceptors (Lipinski definition) is 9. The van der Waals surface area contributed by atoms with Crippen molar-refractivity contribution in [1.29, 1.82) is 10.5 Å². The molecule has 1 atom stereocenters. The molecule has 1 saturated heterocycles. The third kappa shape index (κ3) is 7.24. The lowest BCUT2D eigenvalue weighted by Gasteiger charge is -2.38.